The number of hydrogen-bond donors (Lipinski definition) is 1. The Morgan fingerprint density at radius 1 is 1.00 bits per heavy atom. The zero-order valence-electron chi connectivity index (χ0n) is 12.2. The van der Waals surface area contributed by atoms with Gasteiger partial charge in [0.15, 0.2) is 0 Å². The Labute approximate surface area is 129 Å². The standard InChI is InChI=1S/C19H17N3/c1-2-6-14(7-3-1)22-19-13(12-20-22)10-11-16-15-8-4-5-9-17(15)21-18(16)19/h1-9,12-13,19,21H,10-11H2. The minimum absolute atomic E-state index is 0.304. The molecule has 5 rings (SSSR count). The molecule has 1 aromatic heterocycles. The van der Waals surface area contributed by atoms with Crippen LogP contribution in [-0.4, -0.2) is 11.2 Å². The van der Waals surface area contributed by atoms with Gasteiger partial charge in [0.2, 0.25) is 0 Å². The second-order valence-corrected chi connectivity index (χ2v) is 6.15. The number of rotatable bonds is 1. The lowest BCUT2D eigenvalue weighted by Crippen LogP contribution is -2.28. The average molecular weight is 287 g/mol. The Bertz CT molecular complexity index is 863. The highest BCUT2D eigenvalue weighted by atomic mass is 15.5. The largest absolute Gasteiger partial charge is 0.356 e. The summed E-state index contributed by atoms with van der Waals surface area (Å²) < 4.78 is 0. The number of H-pyrrole nitrogens is 1. The first kappa shape index (κ1) is 12.0. The van der Waals surface area contributed by atoms with Crippen molar-refractivity contribution in [2.45, 2.75) is 18.9 Å². The first-order valence-electron chi connectivity index (χ1n) is 7.90. The molecule has 0 saturated carbocycles. The average Bonchev–Trinajstić information content (AvgIpc) is 3.16. The Morgan fingerprint density at radius 2 is 1.82 bits per heavy atom. The minimum Gasteiger partial charge on any atom is -0.356 e. The molecule has 2 atom stereocenters. The van der Waals surface area contributed by atoms with Crippen LogP contribution in [0.2, 0.25) is 0 Å². The molecule has 1 aliphatic heterocycles. The van der Waals surface area contributed by atoms with E-state index in [1.165, 1.54) is 28.6 Å². The minimum atomic E-state index is 0.304. The Morgan fingerprint density at radius 3 is 2.73 bits per heavy atom. The molecule has 2 aliphatic rings. The van der Waals surface area contributed by atoms with Crippen LogP contribution in [-0.2, 0) is 6.42 Å². The lowest BCUT2D eigenvalue weighted by molar-refractivity contribution is 0.482. The number of aromatic amines is 1. The monoisotopic (exact) mass is 287 g/mol. The summed E-state index contributed by atoms with van der Waals surface area (Å²) in [7, 11) is 0. The van der Waals surface area contributed by atoms with E-state index in [-0.39, 0.29) is 0 Å². The Balaban J connectivity index is 1.67. The molecule has 0 saturated heterocycles. The molecule has 3 nitrogen and oxygen atoms in total. The number of nitrogens with zero attached hydrogens (tertiary/aromatic N) is 2. The van der Waals surface area contributed by atoms with Crippen LogP contribution < -0.4 is 5.01 Å². The van der Waals surface area contributed by atoms with Crippen molar-refractivity contribution in [3.8, 4) is 0 Å². The van der Waals surface area contributed by atoms with Gasteiger partial charge in [-0.25, -0.2) is 0 Å². The van der Waals surface area contributed by atoms with Crippen molar-refractivity contribution in [1.29, 1.82) is 0 Å². The van der Waals surface area contributed by atoms with E-state index in [1.807, 2.05) is 0 Å². The molecule has 0 bridgehead atoms. The summed E-state index contributed by atoms with van der Waals surface area (Å²) in [5.74, 6) is 0.501. The van der Waals surface area contributed by atoms with Crippen molar-refractivity contribution in [3.05, 3.63) is 65.9 Å². The summed E-state index contributed by atoms with van der Waals surface area (Å²) in [5, 5.41) is 8.26. The molecule has 3 aromatic rings. The van der Waals surface area contributed by atoms with Gasteiger partial charge >= 0.3 is 0 Å². The van der Waals surface area contributed by atoms with Crippen LogP contribution in [0.4, 0.5) is 5.69 Å². The Hall–Kier alpha value is -2.55. The summed E-state index contributed by atoms with van der Waals surface area (Å²) in [5.41, 5.74) is 5.23. The van der Waals surface area contributed by atoms with Crippen molar-refractivity contribution in [1.82, 2.24) is 4.98 Å². The normalized spacial score (nSPS) is 22.8. The van der Waals surface area contributed by atoms with Gasteiger partial charge in [-0.1, -0.05) is 36.4 Å². The summed E-state index contributed by atoms with van der Waals surface area (Å²) in [6.45, 7) is 0. The third-order valence-corrected chi connectivity index (χ3v) is 4.94. The van der Waals surface area contributed by atoms with Crippen LogP contribution in [0.3, 0.4) is 0 Å². The number of anilines is 1. The first-order chi connectivity index (χ1) is 10.9. The smallest absolute Gasteiger partial charge is 0.100 e. The van der Waals surface area contributed by atoms with Gasteiger partial charge in [-0.2, -0.15) is 5.10 Å². The van der Waals surface area contributed by atoms with Crippen molar-refractivity contribution < 1.29 is 0 Å². The van der Waals surface area contributed by atoms with E-state index >= 15 is 0 Å². The summed E-state index contributed by atoms with van der Waals surface area (Å²) >= 11 is 0. The summed E-state index contributed by atoms with van der Waals surface area (Å²) in [6, 6.07) is 19.4. The van der Waals surface area contributed by atoms with Crippen LogP contribution >= 0.6 is 0 Å². The van der Waals surface area contributed by atoms with E-state index in [0.29, 0.717) is 12.0 Å². The van der Waals surface area contributed by atoms with Gasteiger partial charge in [0.25, 0.3) is 0 Å². The van der Waals surface area contributed by atoms with E-state index in [4.69, 9.17) is 5.10 Å². The van der Waals surface area contributed by atoms with Crippen LogP contribution in [0.1, 0.15) is 23.7 Å². The van der Waals surface area contributed by atoms with Crippen LogP contribution in [0.15, 0.2) is 59.7 Å². The highest BCUT2D eigenvalue weighted by Crippen LogP contribution is 2.45. The van der Waals surface area contributed by atoms with Gasteiger partial charge in [0.05, 0.1) is 5.69 Å². The molecule has 0 spiro atoms. The molecule has 1 aliphatic carbocycles. The second-order valence-electron chi connectivity index (χ2n) is 6.15. The number of para-hydroxylation sites is 2. The molecular weight excluding hydrogens is 270 g/mol. The molecule has 3 heteroatoms. The third-order valence-electron chi connectivity index (χ3n) is 4.94. The highest BCUT2D eigenvalue weighted by molar-refractivity contribution is 5.86. The second kappa shape index (κ2) is 4.47. The maximum atomic E-state index is 4.71. The van der Waals surface area contributed by atoms with Gasteiger partial charge in [-0.05, 0) is 36.6 Å². The Kier molecular flexibility index (Phi) is 2.45. The van der Waals surface area contributed by atoms with E-state index in [9.17, 15) is 0 Å². The van der Waals surface area contributed by atoms with Crippen molar-refractivity contribution in [3.63, 3.8) is 0 Å². The van der Waals surface area contributed by atoms with Crippen LogP contribution in [0, 0.1) is 5.92 Å². The summed E-state index contributed by atoms with van der Waals surface area (Å²) in [6.07, 6.45) is 4.44. The quantitative estimate of drug-likeness (QED) is 0.711. The SMILES string of the molecule is C1=NN(c2ccccc2)C2c3[nH]c4ccccc4c3CCC12. The van der Waals surface area contributed by atoms with Crippen molar-refractivity contribution in [2.24, 2.45) is 11.0 Å². The van der Waals surface area contributed by atoms with Crippen LogP contribution in [0.25, 0.3) is 10.9 Å². The van der Waals surface area contributed by atoms with Crippen molar-refractivity contribution in [2.75, 3.05) is 5.01 Å². The highest BCUT2D eigenvalue weighted by Gasteiger charge is 2.39. The molecule has 1 N–H and O–H groups in total. The molecule has 0 radical (unpaired) electrons. The third kappa shape index (κ3) is 1.59. The number of benzene rings is 2. The van der Waals surface area contributed by atoms with E-state index in [2.05, 4.69) is 70.8 Å². The molecule has 0 fully saturated rings. The van der Waals surface area contributed by atoms with E-state index < -0.39 is 0 Å². The zero-order chi connectivity index (χ0) is 14.5. The summed E-state index contributed by atoms with van der Waals surface area (Å²) in [4.78, 5) is 3.67. The van der Waals surface area contributed by atoms with Gasteiger partial charge < -0.3 is 4.98 Å². The number of hydrogen-bond acceptors (Lipinski definition) is 2. The molecular formula is C19H17N3. The number of fused-ring (bicyclic) bond motifs is 5. The number of aryl methyl sites for hydroxylation is 1. The fourth-order valence-electron chi connectivity index (χ4n) is 3.92. The van der Waals surface area contributed by atoms with E-state index in [1.54, 1.807) is 0 Å². The molecule has 108 valence electrons. The molecule has 2 heterocycles. The predicted molar refractivity (Wildman–Crippen MR) is 90.3 cm³/mol. The van der Waals surface area contributed by atoms with Crippen molar-refractivity contribution >= 4 is 22.8 Å². The maximum Gasteiger partial charge on any atom is 0.100 e. The fourth-order valence-corrected chi connectivity index (χ4v) is 3.92. The molecule has 2 unspecified atom stereocenters. The zero-order valence-corrected chi connectivity index (χ0v) is 12.2. The fraction of sp³-hybridized carbons (Fsp3) is 0.211. The number of nitrogens with one attached hydrogen (secondary N) is 1. The first-order valence-corrected chi connectivity index (χ1v) is 7.90. The van der Waals surface area contributed by atoms with E-state index in [0.717, 1.165) is 12.1 Å². The van der Waals surface area contributed by atoms with Gasteiger partial charge in [-0.3, -0.25) is 5.01 Å². The van der Waals surface area contributed by atoms with Gasteiger partial charge in [-0.15, -0.1) is 0 Å². The molecule has 22 heavy (non-hydrogen) atoms. The predicted octanol–water partition coefficient (Wildman–Crippen LogP) is 4.28. The maximum absolute atomic E-state index is 4.71. The molecule has 2 aromatic carbocycles. The van der Waals surface area contributed by atoms with Crippen LogP contribution in [0.5, 0.6) is 0 Å². The number of hydrazone groups is 1. The topological polar surface area (TPSA) is 31.4 Å². The van der Waals surface area contributed by atoms with Gasteiger partial charge in [0.1, 0.15) is 6.04 Å². The molecule has 0 amide bonds. The van der Waals surface area contributed by atoms with Gasteiger partial charge in [0, 0.05) is 28.7 Å². The lowest BCUT2D eigenvalue weighted by Gasteiger charge is -2.31. The number of aromatic nitrogens is 1. The lowest BCUT2D eigenvalue weighted by atomic mass is 9.83.